The van der Waals surface area contributed by atoms with Crippen LogP contribution in [0.5, 0.6) is 5.75 Å². The lowest BCUT2D eigenvalue weighted by atomic mass is 10.0. The number of aromatic nitrogens is 1. The Balaban J connectivity index is 3.03. The number of hydrogen-bond donors (Lipinski definition) is 0. The minimum atomic E-state index is -1.32. The molecule has 0 saturated carbocycles. The van der Waals surface area contributed by atoms with Crippen molar-refractivity contribution < 1.29 is 32.6 Å². The van der Waals surface area contributed by atoms with E-state index in [1.54, 1.807) is 27.7 Å². The number of ether oxygens (including phenoxy) is 3. The van der Waals surface area contributed by atoms with Crippen molar-refractivity contribution in [3.63, 3.8) is 0 Å². The first kappa shape index (κ1) is 22.3. The van der Waals surface area contributed by atoms with E-state index < -0.39 is 46.4 Å². The van der Waals surface area contributed by atoms with Crippen LogP contribution in [0.1, 0.15) is 44.1 Å². The van der Waals surface area contributed by atoms with Crippen molar-refractivity contribution >= 4 is 22.8 Å². The van der Waals surface area contributed by atoms with Gasteiger partial charge in [0.15, 0.2) is 11.6 Å². The van der Waals surface area contributed by atoms with Gasteiger partial charge < -0.3 is 18.8 Å². The number of pyridine rings is 1. The monoisotopic (exact) mass is 411 g/mol. The molecular weight excluding hydrogens is 388 g/mol. The predicted octanol–water partition coefficient (Wildman–Crippen LogP) is 3.23. The van der Waals surface area contributed by atoms with Crippen LogP contribution in [0.4, 0.5) is 8.78 Å². The minimum Gasteiger partial charge on any atom is -0.491 e. The first-order valence-electron chi connectivity index (χ1n) is 9.14. The number of halogens is 2. The Hall–Kier alpha value is -2.97. The molecule has 2 rings (SSSR count). The summed E-state index contributed by atoms with van der Waals surface area (Å²) in [5, 5.41) is -0.318. The maximum absolute atomic E-state index is 14.4. The first-order valence-corrected chi connectivity index (χ1v) is 9.14. The second-order valence-corrected chi connectivity index (χ2v) is 6.54. The fraction of sp³-hybridized carbons (Fsp3) is 0.450. The van der Waals surface area contributed by atoms with Gasteiger partial charge in [-0.2, -0.15) is 4.39 Å². The summed E-state index contributed by atoms with van der Waals surface area (Å²) in [4.78, 5) is 37.8. The van der Waals surface area contributed by atoms with Crippen molar-refractivity contribution in [2.75, 3.05) is 20.3 Å². The van der Waals surface area contributed by atoms with Crippen molar-refractivity contribution in [2.24, 2.45) is 5.92 Å². The second kappa shape index (κ2) is 9.02. The molecule has 0 amide bonds. The third-order valence-corrected chi connectivity index (χ3v) is 4.32. The summed E-state index contributed by atoms with van der Waals surface area (Å²) in [5.74, 6) is -5.17. The van der Waals surface area contributed by atoms with E-state index in [9.17, 15) is 23.2 Å². The highest BCUT2D eigenvalue weighted by Crippen LogP contribution is 2.34. The Labute approximate surface area is 166 Å². The molecule has 0 aliphatic heterocycles. The lowest BCUT2D eigenvalue weighted by Crippen LogP contribution is -2.30. The average molecular weight is 411 g/mol. The molecule has 0 spiro atoms. The van der Waals surface area contributed by atoms with Gasteiger partial charge in [-0.25, -0.2) is 14.0 Å². The van der Waals surface area contributed by atoms with Crippen molar-refractivity contribution in [1.82, 2.24) is 4.57 Å². The highest BCUT2D eigenvalue weighted by molar-refractivity contribution is 5.96. The zero-order valence-corrected chi connectivity index (χ0v) is 16.9. The van der Waals surface area contributed by atoms with Gasteiger partial charge in [-0.3, -0.25) is 4.79 Å². The van der Waals surface area contributed by atoms with Gasteiger partial charge in [0.05, 0.1) is 31.2 Å². The molecule has 7 nitrogen and oxygen atoms in total. The van der Waals surface area contributed by atoms with Crippen LogP contribution in [0.2, 0.25) is 0 Å². The molecule has 1 atom stereocenters. The second-order valence-electron chi connectivity index (χ2n) is 6.54. The molecule has 1 heterocycles. The van der Waals surface area contributed by atoms with E-state index >= 15 is 0 Å². The number of carbonyl (C=O) groups is 2. The summed E-state index contributed by atoms with van der Waals surface area (Å²) >= 11 is 0. The quantitative estimate of drug-likeness (QED) is 0.651. The van der Waals surface area contributed by atoms with Crippen molar-refractivity contribution in [1.29, 1.82) is 0 Å². The normalized spacial score (nSPS) is 12.1. The standard InChI is InChI=1S/C20H23F2NO6/c1-6-28-19(25)12-9-23(15(10(3)4)20(26)29-7-2)16-11(17(12)24)8-13(21)14(22)18(16)27-5/h8-10,15H,6-7H2,1-5H3/t15-/m0/s1. The summed E-state index contributed by atoms with van der Waals surface area (Å²) in [5.41, 5.74) is -1.43. The van der Waals surface area contributed by atoms with Crippen LogP contribution in [0.3, 0.4) is 0 Å². The zero-order chi connectivity index (χ0) is 21.9. The van der Waals surface area contributed by atoms with Gasteiger partial charge in [0.2, 0.25) is 11.2 Å². The molecule has 0 radical (unpaired) electrons. The SMILES string of the molecule is CCOC(=O)c1cn([C@H](C(=O)OCC)C(C)C)c2c(OC)c(F)c(F)cc2c1=O. The number of rotatable bonds is 7. The van der Waals surface area contributed by atoms with Gasteiger partial charge >= 0.3 is 11.9 Å². The Morgan fingerprint density at radius 1 is 1.14 bits per heavy atom. The lowest BCUT2D eigenvalue weighted by molar-refractivity contribution is -0.148. The maximum Gasteiger partial charge on any atom is 0.343 e. The van der Waals surface area contributed by atoms with E-state index in [0.29, 0.717) is 6.07 Å². The van der Waals surface area contributed by atoms with Gasteiger partial charge in [0, 0.05) is 6.20 Å². The van der Waals surface area contributed by atoms with Gasteiger partial charge in [0.25, 0.3) is 0 Å². The van der Waals surface area contributed by atoms with E-state index in [2.05, 4.69) is 0 Å². The lowest BCUT2D eigenvalue weighted by Gasteiger charge is -2.26. The highest BCUT2D eigenvalue weighted by atomic mass is 19.2. The van der Waals surface area contributed by atoms with Crippen molar-refractivity contribution in [3.8, 4) is 5.75 Å². The van der Waals surface area contributed by atoms with E-state index in [1.807, 2.05) is 0 Å². The Morgan fingerprint density at radius 2 is 1.76 bits per heavy atom. The third-order valence-electron chi connectivity index (χ3n) is 4.32. The largest absolute Gasteiger partial charge is 0.491 e. The molecule has 9 heteroatoms. The fourth-order valence-corrected chi connectivity index (χ4v) is 3.12. The third kappa shape index (κ3) is 4.08. The Morgan fingerprint density at radius 3 is 2.28 bits per heavy atom. The summed E-state index contributed by atoms with van der Waals surface area (Å²) in [6.45, 7) is 6.70. The van der Waals surface area contributed by atoms with Crippen LogP contribution in [-0.4, -0.2) is 36.8 Å². The molecule has 0 fully saturated rings. The smallest absolute Gasteiger partial charge is 0.343 e. The molecule has 0 bridgehead atoms. The van der Waals surface area contributed by atoms with Crippen LogP contribution >= 0.6 is 0 Å². The number of nitrogens with zero attached hydrogens (tertiary/aromatic N) is 1. The molecule has 1 aromatic carbocycles. The zero-order valence-electron chi connectivity index (χ0n) is 16.9. The van der Waals surface area contributed by atoms with Crippen LogP contribution in [0, 0.1) is 17.6 Å². The Bertz CT molecular complexity index is 999. The molecule has 1 aromatic heterocycles. The summed E-state index contributed by atoms with van der Waals surface area (Å²) < 4.78 is 44.8. The number of esters is 2. The Kier molecular flexibility index (Phi) is 6.94. The summed E-state index contributed by atoms with van der Waals surface area (Å²) in [6, 6.07) is -0.359. The fourth-order valence-electron chi connectivity index (χ4n) is 3.12. The predicted molar refractivity (Wildman–Crippen MR) is 101 cm³/mol. The highest BCUT2D eigenvalue weighted by Gasteiger charge is 2.31. The molecule has 0 aliphatic carbocycles. The molecule has 158 valence electrons. The minimum absolute atomic E-state index is 0.00287. The van der Waals surface area contributed by atoms with Crippen molar-refractivity contribution in [3.05, 3.63) is 39.7 Å². The number of carbonyl (C=O) groups excluding carboxylic acids is 2. The molecule has 0 aliphatic rings. The molecule has 2 aromatic rings. The van der Waals surface area contributed by atoms with Gasteiger partial charge in [-0.05, 0) is 25.8 Å². The number of hydrogen-bond acceptors (Lipinski definition) is 6. The van der Waals surface area contributed by atoms with Gasteiger partial charge in [-0.15, -0.1) is 0 Å². The topological polar surface area (TPSA) is 83.8 Å². The van der Waals surface area contributed by atoms with Crippen LogP contribution in [0.15, 0.2) is 17.1 Å². The van der Waals surface area contributed by atoms with E-state index in [0.717, 1.165) is 13.3 Å². The molecule has 0 saturated heterocycles. The van der Waals surface area contributed by atoms with Crippen LogP contribution < -0.4 is 10.2 Å². The van der Waals surface area contributed by atoms with Crippen molar-refractivity contribution in [2.45, 2.75) is 33.7 Å². The van der Waals surface area contributed by atoms with Gasteiger partial charge in [0.1, 0.15) is 11.6 Å². The summed E-state index contributed by atoms with van der Waals surface area (Å²) in [7, 11) is 1.11. The average Bonchev–Trinajstić information content (AvgIpc) is 2.65. The number of benzene rings is 1. The number of methoxy groups -OCH3 is 1. The number of fused-ring (bicyclic) bond motifs is 1. The molecular formula is C20H23F2NO6. The van der Waals surface area contributed by atoms with E-state index in [-0.39, 0.29) is 30.0 Å². The summed E-state index contributed by atoms with van der Waals surface area (Å²) in [6.07, 6.45) is 1.10. The van der Waals surface area contributed by atoms with Crippen LogP contribution in [-0.2, 0) is 14.3 Å². The van der Waals surface area contributed by atoms with E-state index in [1.165, 1.54) is 4.57 Å². The van der Waals surface area contributed by atoms with Gasteiger partial charge in [-0.1, -0.05) is 13.8 Å². The molecule has 29 heavy (non-hydrogen) atoms. The maximum atomic E-state index is 14.4. The molecule has 0 unspecified atom stereocenters. The van der Waals surface area contributed by atoms with Crippen LogP contribution in [0.25, 0.3) is 10.9 Å². The van der Waals surface area contributed by atoms with E-state index in [4.69, 9.17) is 14.2 Å². The molecule has 0 N–H and O–H groups in total. The first-order chi connectivity index (χ1) is 13.7.